The molecule has 0 aliphatic rings. The van der Waals surface area contributed by atoms with Gasteiger partial charge in [-0.05, 0) is 24.7 Å². The Morgan fingerprint density at radius 2 is 1.83 bits per heavy atom. The van der Waals surface area contributed by atoms with Gasteiger partial charge < -0.3 is 24.8 Å². The van der Waals surface area contributed by atoms with E-state index in [1.165, 1.54) is 14.2 Å². The summed E-state index contributed by atoms with van der Waals surface area (Å²) in [5.74, 6) is 0.556. The molecular weight excluding hydrogens is 300 g/mol. The van der Waals surface area contributed by atoms with Crippen molar-refractivity contribution in [2.24, 2.45) is 0 Å². The summed E-state index contributed by atoms with van der Waals surface area (Å²) < 4.78 is 15.2. The topological polar surface area (TPSA) is 85.9 Å². The molecule has 1 amide bonds. The number of carbonyl (C=O) groups is 2. The SMILES string of the molecule is CNCCC(=O)NC(CC(=O)OC)c1ccc(OC)c(OC)c1. The minimum absolute atomic E-state index is 0.0390. The smallest absolute Gasteiger partial charge is 0.307 e. The van der Waals surface area contributed by atoms with Crippen LogP contribution in [0.5, 0.6) is 11.5 Å². The van der Waals surface area contributed by atoms with Crippen molar-refractivity contribution in [1.82, 2.24) is 10.6 Å². The first kappa shape index (κ1) is 18.8. The van der Waals surface area contributed by atoms with Crippen LogP contribution in [0.1, 0.15) is 24.4 Å². The molecule has 0 aromatic heterocycles. The Hall–Kier alpha value is -2.28. The van der Waals surface area contributed by atoms with Crippen molar-refractivity contribution >= 4 is 11.9 Å². The van der Waals surface area contributed by atoms with E-state index in [0.717, 1.165) is 5.56 Å². The fourth-order valence-electron chi connectivity index (χ4n) is 2.08. The third-order valence-electron chi connectivity index (χ3n) is 3.35. The van der Waals surface area contributed by atoms with E-state index in [-0.39, 0.29) is 12.3 Å². The van der Waals surface area contributed by atoms with Gasteiger partial charge in [-0.25, -0.2) is 0 Å². The first-order valence-corrected chi connectivity index (χ1v) is 7.28. The van der Waals surface area contributed by atoms with Crippen LogP contribution in [-0.4, -0.2) is 46.8 Å². The van der Waals surface area contributed by atoms with Gasteiger partial charge >= 0.3 is 5.97 Å². The molecule has 1 aromatic carbocycles. The third-order valence-corrected chi connectivity index (χ3v) is 3.35. The molecular formula is C16H24N2O5. The summed E-state index contributed by atoms with van der Waals surface area (Å²) in [6, 6.07) is 4.77. The second-order valence-electron chi connectivity index (χ2n) is 4.87. The Morgan fingerprint density at radius 1 is 1.13 bits per heavy atom. The van der Waals surface area contributed by atoms with Crippen molar-refractivity contribution < 1.29 is 23.8 Å². The lowest BCUT2D eigenvalue weighted by molar-refractivity contribution is -0.141. The lowest BCUT2D eigenvalue weighted by Gasteiger charge is -2.19. The van der Waals surface area contributed by atoms with Crippen LogP contribution in [0.2, 0.25) is 0 Å². The largest absolute Gasteiger partial charge is 0.493 e. The first-order valence-electron chi connectivity index (χ1n) is 7.28. The summed E-state index contributed by atoms with van der Waals surface area (Å²) in [6.07, 6.45) is 0.360. The molecule has 23 heavy (non-hydrogen) atoms. The normalized spacial score (nSPS) is 11.5. The van der Waals surface area contributed by atoms with Gasteiger partial charge in [0.25, 0.3) is 0 Å². The number of ether oxygens (including phenoxy) is 3. The summed E-state index contributed by atoms with van der Waals surface area (Å²) >= 11 is 0. The Balaban J connectivity index is 2.98. The summed E-state index contributed by atoms with van der Waals surface area (Å²) in [6.45, 7) is 0.558. The van der Waals surface area contributed by atoms with Gasteiger partial charge in [0.1, 0.15) is 0 Å². The van der Waals surface area contributed by atoms with E-state index >= 15 is 0 Å². The Kier molecular flexibility index (Phi) is 7.90. The van der Waals surface area contributed by atoms with Crippen molar-refractivity contribution in [3.8, 4) is 11.5 Å². The summed E-state index contributed by atoms with van der Waals surface area (Å²) in [5, 5.41) is 5.75. The van der Waals surface area contributed by atoms with E-state index in [2.05, 4.69) is 10.6 Å². The maximum atomic E-state index is 12.0. The molecule has 0 fully saturated rings. The maximum absolute atomic E-state index is 12.0. The van der Waals surface area contributed by atoms with Crippen molar-refractivity contribution in [3.63, 3.8) is 0 Å². The van der Waals surface area contributed by atoms with Crippen molar-refractivity contribution in [3.05, 3.63) is 23.8 Å². The van der Waals surface area contributed by atoms with Crippen molar-refractivity contribution in [2.75, 3.05) is 34.9 Å². The van der Waals surface area contributed by atoms with Gasteiger partial charge in [-0.1, -0.05) is 6.07 Å². The third kappa shape index (κ3) is 5.78. The number of rotatable bonds is 9. The van der Waals surface area contributed by atoms with Gasteiger partial charge in [0, 0.05) is 13.0 Å². The molecule has 1 aromatic rings. The molecule has 0 saturated heterocycles. The molecule has 0 aliphatic heterocycles. The molecule has 0 spiro atoms. The molecule has 0 radical (unpaired) electrons. The van der Waals surface area contributed by atoms with Gasteiger partial charge in [-0.15, -0.1) is 0 Å². The van der Waals surface area contributed by atoms with Crippen LogP contribution < -0.4 is 20.1 Å². The lowest BCUT2D eigenvalue weighted by Crippen LogP contribution is -2.32. The van der Waals surface area contributed by atoms with Gasteiger partial charge in [0.15, 0.2) is 11.5 Å². The zero-order chi connectivity index (χ0) is 17.2. The number of amides is 1. The van der Waals surface area contributed by atoms with Crippen LogP contribution in [0.15, 0.2) is 18.2 Å². The molecule has 1 atom stereocenters. The Bertz CT molecular complexity index is 533. The number of hydrogen-bond donors (Lipinski definition) is 2. The summed E-state index contributed by atoms with van der Waals surface area (Å²) in [5.41, 5.74) is 0.742. The highest BCUT2D eigenvalue weighted by Gasteiger charge is 2.20. The second kappa shape index (κ2) is 9.68. The molecule has 1 rings (SSSR count). The molecule has 1 unspecified atom stereocenters. The molecule has 0 heterocycles. The summed E-state index contributed by atoms with van der Waals surface area (Å²) in [4.78, 5) is 23.6. The monoisotopic (exact) mass is 324 g/mol. The quantitative estimate of drug-likeness (QED) is 0.660. The van der Waals surface area contributed by atoms with E-state index in [1.807, 2.05) is 0 Å². The first-order chi connectivity index (χ1) is 11.0. The molecule has 0 aliphatic carbocycles. The summed E-state index contributed by atoms with van der Waals surface area (Å²) in [7, 11) is 6.16. The number of hydrogen-bond acceptors (Lipinski definition) is 6. The molecule has 7 heteroatoms. The Labute approximate surface area is 136 Å². The number of methoxy groups -OCH3 is 3. The number of carbonyl (C=O) groups excluding carboxylic acids is 2. The highest BCUT2D eigenvalue weighted by Crippen LogP contribution is 2.31. The minimum atomic E-state index is -0.494. The van der Waals surface area contributed by atoms with Crippen LogP contribution in [-0.2, 0) is 14.3 Å². The predicted molar refractivity (Wildman–Crippen MR) is 85.6 cm³/mol. The van der Waals surface area contributed by atoms with Crippen molar-refractivity contribution in [2.45, 2.75) is 18.9 Å². The highest BCUT2D eigenvalue weighted by atomic mass is 16.5. The van der Waals surface area contributed by atoms with Crippen LogP contribution in [0.25, 0.3) is 0 Å². The van der Waals surface area contributed by atoms with Gasteiger partial charge in [0.2, 0.25) is 5.91 Å². The van der Waals surface area contributed by atoms with Crippen LogP contribution in [0, 0.1) is 0 Å². The average molecular weight is 324 g/mol. The van der Waals surface area contributed by atoms with Gasteiger partial charge in [-0.2, -0.15) is 0 Å². The van der Waals surface area contributed by atoms with Crippen LogP contribution >= 0.6 is 0 Å². The van der Waals surface area contributed by atoms with Crippen molar-refractivity contribution in [1.29, 1.82) is 0 Å². The zero-order valence-corrected chi connectivity index (χ0v) is 14.0. The van der Waals surface area contributed by atoms with E-state index in [0.29, 0.717) is 24.5 Å². The molecule has 7 nitrogen and oxygen atoms in total. The van der Waals surface area contributed by atoms with Gasteiger partial charge in [0.05, 0.1) is 33.8 Å². The number of esters is 1. The number of benzene rings is 1. The fourth-order valence-corrected chi connectivity index (χ4v) is 2.08. The maximum Gasteiger partial charge on any atom is 0.307 e. The van der Waals surface area contributed by atoms with Crippen LogP contribution in [0.3, 0.4) is 0 Å². The lowest BCUT2D eigenvalue weighted by atomic mass is 10.0. The van der Waals surface area contributed by atoms with E-state index in [9.17, 15) is 9.59 Å². The average Bonchev–Trinajstić information content (AvgIpc) is 2.58. The molecule has 2 N–H and O–H groups in total. The van der Waals surface area contributed by atoms with Gasteiger partial charge in [-0.3, -0.25) is 9.59 Å². The zero-order valence-electron chi connectivity index (χ0n) is 14.0. The van der Waals surface area contributed by atoms with E-state index < -0.39 is 12.0 Å². The number of nitrogens with one attached hydrogen (secondary N) is 2. The van der Waals surface area contributed by atoms with Crippen LogP contribution in [0.4, 0.5) is 0 Å². The predicted octanol–water partition coefficient (Wildman–Crippen LogP) is 1.03. The molecule has 0 saturated carbocycles. The fraction of sp³-hybridized carbons (Fsp3) is 0.500. The minimum Gasteiger partial charge on any atom is -0.493 e. The highest BCUT2D eigenvalue weighted by molar-refractivity contribution is 5.78. The molecule has 0 bridgehead atoms. The Morgan fingerprint density at radius 3 is 2.39 bits per heavy atom. The van der Waals surface area contributed by atoms with E-state index in [4.69, 9.17) is 14.2 Å². The standard InChI is InChI=1S/C16H24N2O5/c1-17-8-7-15(19)18-12(10-16(20)23-4)11-5-6-13(21-2)14(9-11)22-3/h5-6,9,12,17H,7-8,10H2,1-4H3,(H,18,19). The van der Waals surface area contributed by atoms with E-state index in [1.54, 1.807) is 32.4 Å². The molecule has 128 valence electrons. The second-order valence-corrected chi connectivity index (χ2v) is 4.87.